The summed E-state index contributed by atoms with van der Waals surface area (Å²) in [6.07, 6.45) is 22.5. The molecule has 3 fully saturated rings. The Morgan fingerprint density at radius 1 is 0.340 bits per heavy atom. The van der Waals surface area contributed by atoms with Gasteiger partial charge in [-0.1, -0.05) is 149 Å². The van der Waals surface area contributed by atoms with Gasteiger partial charge in [-0.25, -0.2) is 0 Å². The maximum atomic E-state index is 2.20. The third kappa shape index (κ3) is 14.5. The van der Waals surface area contributed by atoms with E-state index in [1.165, 1.54) is 180 Å². The van der Waals surface area contributed by atoms with Crippen LogP contribution in [0.25, 0.3) is 0 Å². The summed E-state index contributed by atoms with van der Waals surface area (Å²) < 4.78 is 0. The van der Waals surface area contributed by atoms with E-state index in [0.717, 1.165) is 0 Å². The predicted molar refractivity (Wildman–Crippen MR) is 243 cm³/mol. The van der Waals surface area contributed by atoms with Crippen molar-refractivity contribution in [2.45, 2.75) is 200 Å². The number of hydrogen-bond donors (Lipinski definition) is 0. The van der Waals surface area contributed by atoms with Gasteiger partial charge in [0.15, 0.2) is 0 Å². The third-order valence-corrected chi connectivity index (χ3v) is 17.5. The molecule has 0 nitrogen and oxygen atoms in total. The SMILES string of the molecule is C1CCC(=[PH]([C-]2CCCCC2)[C-]2CCCCC2)CC1.Cc1c(C)c(C)[c-](C)c1C.Cc1c(C)c(C)[c-](C)c1C.Cc1c(C)c(C)[c-](C)c1C.[Ga].[Ga].[Ga].[Ni+2]. The molecule has 6 rings (SSSR count). The molecule has 3 aromatic carbocycles. The van der Waals surface area contributed by atoms with Crippen LogP contribution in [0.15, 0.2) is 0 Å². The van der Waals surface area contributed by atoms with Crippen LogP contribution in [0.5, 0.6) is 0 Å². The summed E-state index contributed by atoms with van der Waals surface area (Å²) in [5, 5.41) is 2.06. The average Bonchev–Trinajstić information content (AvgIpc) is 3.49. The fourth-order valence-corrected chi connectivity index (χ4v) is 12.7. The van der Waals surface area contributed by atoms with Crippen LogP contribution in [0.3, 0.4) is 0 Å². The predicted octanol–water partition coefficient (Wildman–Crippen LogP) is 14.0. The molecule has 0 bridgehead atoms. The Bertz CT molecular complexity index is 1150. The molecule has 0 unspecified atom stereocenters. The van der Waals surface area contributed by atoms with Crippen molar-refractivity contribution >= 4 is 72.2 Å². The van der Waals surface area contributed by atoms with Crippen molar-refractivity contribution in [3.63, 3.8) is 0 Å². The molecule has 0 spiro atoms. The topological polar surface area (TPSA) is 0 Å². The van der Waals surface area contributed by atoms with Crippen LogP contribution in [-0.4, -0.2) is 64.7 Å². The minimum atomic E-state index is -0.297. The van der Waals surface area contributed by atoms with Crippen LogP contribution in [0.2, 0.25) is 0 Å². The second-order valence-corrected chi connectivity index (χ2v) is 19.1. The van der Waals surface area contributed by atoms with Gasteiger partial charge in [0, 0.05) is 59.4 Å². The van der Waals surface area contributed by atoms with Crippen LogP contribution in [0.1, 0.15) is 180 Å². The van der Waals surface area contributed by atoms with E-state index < -0.39 is 0 Å². The van der Waals surface area contributed by atoms with Crippen LogP contribution >= 0.6 is 7.55 Å². The van der Waals surface area contributed by atoms with Crippen molar-refractivity contribution in [2.75, 3.05) is 0 Å². The second-order valence-electron chi connectivity index (χ2n) is 16.2. The van der Waals surface area contributed by atoms with E-state index in [1.54, 1.807) is 0 Å². The average molecular weight is 952 g/mol. The maximum Gasteiger partial charge on any atom is 2.00 e. The molecule has 3 saturated carbocycles. The minimum absolute atomic E-state index is 0. The summed E-state index contributed by atoms with van der Waals surface area (Å²) >= 11 is 0. The molecule has 0 heterocycles. The van der Waals surface area contributed by atoms with Crippen LogP contribution in [0.4, 0.5) is 0 Å². The van der Waals surface area contributed by atoms with Gasteiger partial charge >= 0.3 is 16.5 Å². The molecular formula is C48H76Ga3NiP-3. The summed E-state index contributed by atoms with van der Waals surface area (Å²) in [5.74, 6) is 0. The van der Waals surface area contributed by atoms with Gasteiger partial charge < -0.3 is 18.9 Å². The molecule has 5 heteroatoms. The molecule has 9 radical (unpaired) electrons. The zero-order valence-electron chi connectivity index (χ0n) is 37.2. The zero-order chi connectivity index (χ0) is 36.6. The first-order chi connectivity index (χ1) is 23.1. The van der Waals surface area contributed by atoms with Gasteiger partial charge in [-0.05, 0) is 25.7 Å². The molecule has 0 atom stereocenters. The van der Waals surface area contributed by atoms with Crippen molar-refractivity contribution in [3.8, 4) is 0 Å². The Morgan fingerprint density at radius 2 is 0.547 bits per heavy atom. The van der Waals surface area contributed by atoms with Gasteiger partial charge in [0.1, 0.15) is 0 Å². The monoisotopic (exact) mass is 948 g/mol. The van der Waals surface area contributed by atoms with E-state index in [0.29, 0.717) is 0 Å². The number of rotatable bonds is 2. The summed E-state index contributed by atoms with van der Waals surface area (Å²) in [6, 6.07) is 0. The van der Waals surface area contributed by atoms with Crippen LogP contribution in [-0.2, 0) is 16.5 Å². The van der Waals surface area contributed by atoms with Gasteiger partial charge in [0.25, 0.3) is 0 Å². The van der Waals surface area contributed by atoms with Gasteiger partial charge in [0.2, 0.25) is 0 Å². The summed E-state index contributed by atoms with van der Waals surface area (Å²) in [5.41, 5.74) is 26.1. The van der Waals surface area contributed by atoms with E-state index in [9.17, 15) is 0 Å². The van der Waals surface area contributed by atoms with Gasteiger partial charge in [-0.2, -0.15) is 109 Å². The fraction of sp³-hybridized carbons (Fsp3) is 0.625. The second kappa shape index (κ2) is 26.7. The van der Waals surface area contributed by atoms with Crippen molar-refractivity contribution in [2.24, 2.45) is 0 Å². The maximum absolute atomic E-state index is 2.20. The Balaban J connectivity index is 0. The summed E-state index contributed by atoms with van der Waals surface area (Å²) in [4.78, 5) is 0. The molecule has 3 aliphatic rings. The molecule has 295 valence electrons. The molecule has 0 aliphatic heterocycles. The Kier molecular flexibility index (Phi) is 28.1. The van der Waals surface area contributed by atoms with E-state index in [-0.39, 0.29) is 83.4 Å². The van der Waals surface area contributed by atoms with Gasteiger partial charge in [0.05, 0.1) is 0 Å². The first-order valence-electron chi connectivity index (χ1n) is 20.1. The molecule has 3 aliphatic carbocycles. The Labute approximate surface area is 380 Å². The summed E-state index contributed by atoms with van der Waals surface area (Å²) in [7, 11) is -0.297. The molecule has 0 N–H and O–H groups in total. The van der Waals surface area contributed by atoms with Crippen LogP contribution in [0, 0.1) is 115 Å². The summed E-state index contributed by atoms with van der Waals surface area (Å²) in [6.45, 7) is 33.0. The third-order valence-electron chi connectivity index (χ3n) is 13.9. The molecule has 3 aromatic rings. The van der Waals surface area contributed by atoms with Crippen molar-refractivity contribution in [3.05, 3.63) is 94.8 Å². The van der Waals surface area contributed by atoms with E-state index in [4.69, 9.17) is 0 Å². The normalized spacial score (nSPS) is 16.0. The minimum Gasteiger partial charge on any atom is -0.386 e. The molecule has 0 saturated heterocycles. The van der Waals surface area contributed by atoms with Crippen LogP contribution < -0.4 is 0 Å². The molecule has 0 aromatic heterocycles. The molecular weight excluding hydrogens is 875 g/mol. The first kappa shape index (κ1) is 55.8. The van der Waals surface area contributed by atoms with E-state index in [2.05, 4.69) is 120 Å². The van der Waals surface area contributed by atoms with Crippen molar-refractivity contribution in [1.82, 2.24) is 0 Å². The molecule has 0 amide bonds. The van der Waals surface area contributed by atoms with E-state index in [1.807, 2.05) is 0 Å². The molecule has 53 heavy (non-hydrogen) atoms. The van der Waals surface area contributed by atoms with Gasteiger partial charge in [-0.15, -0.1) is 5.29 Å². The smallest absolute Gasteiger partial charge is 0.386 e. The Morgan fingerprint density at radius 3 is 0.736 bits per heavy atom. The largest absolute Gasteiger partial charge is 2.00 e. The van der Waals surface area contributed by atoms with Crippen molar-refractivity contribution in [1.29, 1.82) is 0 Å². The van der Waals surface area contributed by atoms with Gasteiger partial charge in [-0.3, -0.25) is 0 Å². The first-order valence-corrected chi connectivity index (χ1v) is 21.6. The number of hydrogen-bond acceptors (Lipinski definition) is 0. The standard InChI is InChI=1S/C18H31P.3C10H15.3Ga.Ni/c1-4-10-16(11-5-1)19(17-12-6-2-7-13-17)18-14-8-3-9-15-18;3*1-6-7(2)9(4)10(5)8(6)3;;;;/h19H,1-15H2;3*1-5H3;;;;/q-2;3*-1;;;;+2. The quantitative estimate of drug-likeness (QED) is 0.136. The zero-order valence-corrected chi connectivity index (χ0v) is 46.4. The fourth-order valence-electron chi connectivity index (χ4n) is 8.65. The van der Waals surface area contributed by atoms with E-state index >= 15 is 0 Å². The van der Waals surface area contributed by atoms with Crippen molar-refractivity contribution < 1.29 is 16.5 Å². The Hall–Kier alpha value is 0.753.